The third kappa shape index (κ3) is 4.46. The average Bonchev–Trinajstić information content (AvgIpc) is 2.71. The molecule has 29 heavy (non-hydrogen) atoms. The SMILES string of the molecule is CCc1c[nH]c(=O)c2cc(F)c(OC3CCN(Cc4cccc(Cl)c4)CC3)cc12. The van der Waals surface area contributed by atoms with Gasteiger partial charge in [-0.1, -0.05) is 30.7 Å². The molecule has 0 radical (unpaired) electrons. The molecular formula is C23H24ClFN2O2. The van der Waals surface area contributed by atoms with Crippen LogP contribution in [0, 0.1) is 5.82 Å². The first-order valence-corrected chi connectivity index (χ1v) is 10.4. The van der Waals surface area contributed by atoms with Gasteiger partial charge in [-0.15, -0.1) is 0 Å². The summed E-state index contributed by atoms with van der Waals surface area (Å²) in [5, 5.41) is 1.87. The van der Waals surface area contributed by atoms with Crippen molar-refractivity contribution in [3.63, 3.8) is 0 Å². The van der Waals surface area contributed by atoms with Crippen LogP contribution in [0.2, 0.25) is 5.02 Å². The highest BCUT2D eigenvalue weighted by Gasteiger charge is 2.22. The van der Waals surface area contributed by atoms with E-state index in [0.717, 1.165) is 54.9 Å². The maximum absolute atomic E-state index is 14.6. The van der Waals surface area contributed by atoms with Gasteiger partial charge >= 0.3 is 0 Å². The Balaban J connectivity index is 1.44. The molecule has 152 valence electrons. The largest absolute Gasteiger partial charge is 0.487 e. The van der Waals surface area contributed by atoms with Crippen LogP contribution in [0.4, 0.5) is 4.39 Å². The zero-order chi connectivity index (χ0) is 20.4. The van der Waals surface area contributed by atoms with Crippen LogP contribution >= 0.6 is 11.6 Å². The Hall–Kier alpha value is -2.37. The second-order valence-electron chi connectivity index (χ2n) is 7.55. The Labute approximate surface area is 174 Å². The number of aryl methyl sites for hydroxylation is 1. The molecule has 2 heterocycles. The summed E-state index contributed by atoms with van der Waals surface area (Å²) in [7, 11) is 0. The highest BCUT2D eigenvalue weighted by molar-refractivity contribution is 6.30. The maximum atomic E-state index is 14.6. The van der Waals surface area contributed by atoms with E-state index in [1.54, 1.807) is 12.3 Å². The fourth-order valence-corrected chi connectivity index (χ4v) is 4.17. The fraction of sp³-hybridized carbons (Fsp3) is 0.348. The van der Waals surface area contributed by atoms with Crippen molar-refractivity contribution in [3.8, 4) is 5.75 Å². The smallest absolute Gasteiger partial charge is 0.255 e. The number of nitrogens with one attached hydrogen (secondary N) is 1. The highest BCUT2D eigenvalue weighted by atomic mass is 35.5. The minimum Gasteiger partial charge on any atom is -0.487 e. The van der Waals surface area contributed by atoms with Crippen LogP contribution in [0.1, 0.15) is 30.9 Å². The van der Waals surface area contributed by atoms with Gasteiger partial charge in [-0.05, 0) is 60.0 Å². The monoisotopic (exact) mass is 414 g/mol. The molecule has 2 aromatic carbocycles. The van der Waals surface area contributed by atoms with E-state index in [1.807, 2.05) is 25.1 Å². The van der Waals surface area contributed by atoms with E-state index in [9.17, 15) is 9.18 Å². The standard InChI is InChI=1S/C23H24ClFN2O2/c1-2-16-13-26-23(28)20-11-21(25)22(12-19(16)20)29-18-6-8-27(9-7-18)14-15-4-3-5-17(24)10-15/h3-5,10-13,18H,2,6-9,14H2,1H3,(H,26,28). The molecule has 0 spiro atoms. The van der Waals surface area contributed by atoms with Crippen LogP contribution in [0.5, 0.6) is 5.75 Å². The molecule has 6 heteroatoms. The van der Waals surface area contributed by atoms with Crippen LogP contribution in [-0.2, 0) is 13.0 Å². The van der Waals surface area contributed by atoms with Gasteiger partial charge < -0.3 is 9.72 Å². The molecule has 0 unspecified atom stereocenters. The quantitative estimate of drug-likeness (QED) is 0.644. The van der Waals surface area contributed by atoms with Crippen LogP contribution < -0.4 is 10.3 Å². The van der Waals surface area contributed by atoms with Gasteiger partial charge in [0.2, 0.25) is 0 Å². The number of fused-ring (bicyclic) bond motifs is 1. The predicted molar refractivity (Wildman–Crippen MR) is 114 cm³/mol. The minimum atomic E-state index is -0.488. The Morgan fingerprint density at radius 3 is 2.72 bits per heavy atom. The number of H-pyrrole nitrogens is 1. The molecular weight excluding hydrogens is 391 g/mol. The number of rotatable bonds is 5. The predicted octanol–water partition coefficient (Wildman–Crippen LogP) is 4.93. The van der Waals surface area contributed by atoms with Crippen molar-refractivity contribution in [1.82, 2.24) is 9.88 Å². The first-order chi connectivity index (χ1) is 14.0. The molecule has 3 aromatic rings. The number of likely N-dealkylation sites (tertiary alicyclic amines) is 1. The van der Waals surface area contributed by atoms with Crippen LogP contribution in [0.25, 0.3) is 10.8 Å². The number of pyridine rings is 1. The Morgan fingerprint density at radius 2 is 2.00 bits per heavy atom. The van der Waals surface area contributed by atoms with Crippen molar-refractivity contribution in [2.24, 2.45) is 0 Å². The van der Waals surface area contributed by atoms with Crippen LogP contribution in [0.3, 0.4) is 0 Å². The number of piperidine rings is 1. The van der Waals surface area contributed by atoms with E-state index in [1.165, 1.54) is 11.6 Å². The van der Waals surface area contributed by atoms with Gasteiger partial charge in [-0.2, -0.15) is 0 Å². The molecule has 4 nitrogen and oxygen atoms in total. The molecule has 0 bridgehead atoms. The summed E-state index contributed by atoms with van der Waals surface area (Å²) in [5.41, 5.74) is 1.88. The molecule has 1 fully saturated rings. The third-order valence-electron chi connectivity index (χ3n) is 5.54. The highest BCUT2D eigenvalue weighted by Crippen LogP contribution is 2.28. The van der Waals surface area contributed by atoms with E-state index in [0.29, 0.717) is 5.39 Å². The van der Waals surface area contributed by atoms with E-state index >= 15 is 0 Å². The number of aromatic nitrogens is 1. The van der Waals surface area contributed by atoms with Crippen molar-refractivity contribution in [1.29, 1.82) is 0 Å². The zero-order valence-electron chi connectivity index (χ0n) is 16.4. The minimum absolute atomic E-state index is 0.0374. The summed E-state index contributed by atoms with van der Waals surface area (Å²) >= 11 is 6.07. The van der Waals surface area contributed by atoms with Gasteiger partial charge in [0.15, 0.2) is 11.6 Å². The molecule has 0 amide bonds. The van der Waals surface area contributed by atoms with Crippen molar-refractivity contribution >= 4 is 22.4 Å². The van der Waals surface area contributed by atoms with Gasteiger partial charge in [-0.3, -0.25) is 9.69 Å². The van der Waals surface area contributed by atoms with Gasteiger partial charge in [0.1, 0.15) is 6.10 Å². The number of ether oxygens (including phenoxy) is 1. The Bertz CT molecular complexity index is 1070. The van der Waals surface area contributed by atoms with Crippen LogP contribution in [0.15, 0.2) is 47.4 Å². The van der Waals surface area contributed by atoms with Gasteiger partial charge in [0.05, 0.1) is 5.39 Å². The number of hydrogen-bond donors (Lipinski definition) is 1. The van der Waals surface area contributed by atoms with Crippen molar-refractivity contribution in [2.75, 3.05) is 13.1 Å². The maximum Gasteiger partial charge on any atom is 0.255 e. The van der Waals surface area contributed by atoms with Crippen molar-refractivity contribution in [2.45, 2.75) is 38.8 Å². The van der Waals surface area contributed by atoms with Crippen molar-refractivity contribution < 1.29 is 9.13 Å². The molecule has 1 aliphatic rings. The summed E-state index contributed by atoms with van der Waals surface area (Å²) in [6.45, 7) is 4.62. The number of nitrogens with zero attached hydrogens (tertiary/aromatic N) is 1. The lowest BCUT2D eigenvalue weighted by atomic mass is 10.0. The molecule has 1 aliphatic heterocycles. The first-order valence-electron chi connectivity index (χ1n) is 10.0. The van der Waals surface area contributed by atoms with Gasteiger partial charge in [0, 0.05) is 30.9 Å². The number of benzene rings is 2. The Morgan fingerprint density at radius 1 is 1.21 bits per heavy atom. The van der Waals surface area contributed by atoms with E-state index in [2.05, 4.69) is 16.0 Å². The lowest BCUT2D eigenvalue weighted by Crippen LogP contribution is -2.37. The molecule has 0 atom stereocenters. The summed E-state index contributed by atoms with van der Waals surface area (Å²) in [4.78, 5) is 17.1. The van der Waals surface area contributed by atoms with E-state index in [-0.39, 0.29) is 17.4 Å². The summed E-state index contributed by atoms with van der Waals surface area (Å²) in [5.74, 6) is -0.260. The fourth-order valence-electron chi connectivity index (χ4n) is 3.96. The second kappa shape index (κ2) is 8.56. The summed E-state index contributed by atoms with van der Waals surface area (Å²) in [6.07, 6.45) is 4.06. The molecule has 4 rings (SSSR count). The number of hydrogen-bond acceptors (Lipinski definition) is 3. The molecule has 0 saturated carbocycles. The summed E-state index contributed by atoms with van der Waals surface area (Å²) in [6, 6.07) is 10.9. The molecule has 1 aromatic heterocycles. The van der Waals surface area contributed by atoms with Gasteiger partial charge in [0.25, 0.3) is 5.56 Å². The third-order valence-corrected chi connectivity index (χ3v) is 5.78. The molecule has 0 aliphatic carbocycles. The van der Waals surface area contributed by atoms with Crippen LogP contribution in [-0.4, -0.2) is 29.1 Å². The lowest BCUT2D eigenvalue weighted by Gasteiger charge is -2.32. The molecule has 1 N–H and O–H groups in total. The number of halogens is 2. The summed E-state index contributed by atoms with van der Waals surface area (Å²) < 4.78 is 20.6. The molecule has 1 saturated heterocycles. The second-order valence-corrected chi connectivity index (χ2v) is 7.98. The Kier molecular flexibility index (Phi) is 5.88. The van der Waals surface area contributed by atoms with E-state index in [4.69, 9.17) is 16.3 Å². The first kappa shape index (κ1) is 19.9. The van der Waals surface area contributed by atoms with Gasteiger partial charge in [-0.25, -0.2) is 4.39 Å². The number of aromatic amines is 1. The van der Waals surface area contributed by atoms with Crippen molar-refractivity contribution in [3.05, 3.63) is 74.9 Å². The normalized spacial score (nSPS) is 15.7. The topological polar surface area (TPSA) is 45.3 Å². The van der Waals surface area contributed by atoms with E-state index < -0.39 is 5.82 Å². The zero-order valence-corrected chi connectivity index (χ0v) is 17.1. The average molecular weight is 415 g/mol. The lowest BCUT2D eigenvalue weighted by molar-refractivity contribution is 0.0937.